The van der Waals surface area contributed by atoms with Gasteiger partial charge in [-0.25, -0.2) is 8.78 Å². The molecule has 1 N–H and O–H groups in total. The van der Waals surface area contributed by atoms with Crippen molar-refractivity contribution in [1.29, 1.82) is 0 Å². The zero-order valence-corrected chi connectivity index (χ0v) is 14.1. The second kappa shape index (κ2) is 7.45. The summed E-state index contributed by atoms with van der Waals surface area (Å²) in [6.07, 6.45) is -5.10. The number of amides is 2. The van der Waals surface area contributed by atoms with Crippen LogP contribution in [0, 0.1) is 17.6 Å². The van der Waals surface area contributed by atoms with Gasteiger partial charge in [-0.05, 0) is 24.3 Å². The minimum atomic E-state index is -4.87. The number of carbonyl (C=O) groups is 2. The second-order valence-corrected chi connectivity index (χ2v) is 6.07. The summed E-state index contributed by atoms with van der Waals surface area (Å²) in [7, 11) is 0. The zero-order chi connectivity index (χ0) is 20.5. The van der Waals surface area contributed by atoms with Gasteiger partial charge in [0.1, 0.15) is 17.4 Å². The number of halogens is 5. The maximum atomic E-state index is 13.9. The van der Waals surface area contributed by atoms with Crippen LogP contribution >= 0.6 is 0 Å². The van der Waals surface area contributed by atoms with Gasteiger partial charge < -0.3 is 15.0 Å². The van der Waals surface area contributed by atoms with Crippen molar-refractivity contribution in [2.45, 2.75) is 12.8 Å². The third-order valence-electron chi connectivity index (χ3n) is 4.03. The van der Waals surface area contributed by atoms with Crippen molar-refractivity contribution >= 4 is 23.2 Å². The Hall–Kier alpha value is -3.17. The van der Waals surface area contributed by atoms with Crippen LogP contribution in [-0.2, 0) is 9.59 Å². The van der Waals surface area contributed by atoms with E-state index in [9.17, 15) is 31.5 Å². The Bertz CT molecular complexity index is 916. The number of rotatable bonds is 4. The Kier molecular flexibility index (Phi) is 5.21. The number of nitrogens with one attached hydrogen (secondary N) is 1. The summed E-state index contributed by atoms with van der Waals surface area (Å²) in [5, 5.41) is 2.41. The molecule has 0 radical (unpaired) electrons. The molecule has 0 aromatic heterocycles. The van der Waals surface area contributed by atoms with Gasteiger partial charge in [-0.15, -0.1) is 13.2 Å². The summed E-state index contributed by atoms with van der Waals surface area (Å²) >= 11 is 0. The molecule has 1 aliphatic rings. The Balaban J connectivity index is 1.69. The number of ether oxygens (including phenoxy) is 1. The van der Waals surface area contributed by atoms with Gasteiger partial charge in [-0.2, -0.15) is 0 Å². The fourth-order valence-corrected chi connectivity index (χ4v) is 2.83. The predicted molar refractivity (Wildman–Crippen MR) is 88.6 cm³/mol. The third kappa shape index (κ3) is 4.56. The number of hydrogen-bond acceptors (Lipinski definition) is 3. The average Bonchev–Trinajstić information content (AvgIpc) is 2.95. The van der Waals surface area contributed by atoms with Crippen LogP contribution in [0.3, 0.4) is 0 Å². The predicted octanol–water partition coefficient (Wildman–Crippen LogP) is 3.86. The number of carbonyl (C=O) groups excluding carboxylic acids is 2. The molecule has 0 aliphatic carbocycles. The first-order valence-electron chi connectivity index (χ1n) is 8.04. The lowest BCUT2D eigenvalue weighted by Crippen LogP contribution is -2.28. The molecule has 5 nitrogen and oxygen atoms in total. The van der Waals surface area contributed by atoms with Crippen LogP contribution in [0.15, 0.2) is 42.5 Å². The summed E-state index contributed by atoms with van der Waals surface area (Å²) in [6.45, 7) is -0.147. The Labute approximate surface area is 155 Å². The van der Waals surface area contributed by atoms with E-state index in [4.69, 9.17) is 0 Å². The van der Waals surface area contributed by atoms with Gasteiger partial charge in [0, 0.05) is 30.8 Å². The molecule has 3 rings (SSSR count). The Morgan fingerprint density at radius 3 is 2.57 bits per heavy atom. The molecular weight excluding hydrogens is 387 g/mol. The summed E-state index contributed by atoms with van der Waals surface area (Å²) in [5.41, 5.74) is -0.104. The maximum Gasteiger partial charge on any atom is 0.573 e. The van der Waals surface area contributed by atoms with Crippen molar-refractivity contribution in [2.24, 2.45) is 5.92 Å². The molecule has 1 heterocycles. The maximum absolute atomic E-state index is 13.9. The number of anilines is 2. The van der Waals surface area contributed by atoms with Crippen LogP contribution < -0.4 is 15.0 Å². The summed E-state index contributed by atoms with van der Waals surface area (Å²) in [6, 6.07) is 7.39. The number of hydrogen-bond donors (Lipinski definition) is 1. The van der Waals surface area contributed by atoms with Gasteiger partial charge in [0.25, 0.3) is 0 Å². The van der Waals surface area contributed by atoms with E-state index in [1.54, 1.807) is 0 Å². The molecule has 1 unspecified atom stereocenters. The van der Waals surface area contributed by atoms with Crippen LogP contribution in [-0.4, -0.2) is 24.7 Å². The topological polar surface area (TPSA) is 58.6 Å². The van der Waals surface area contributed by atoms with Gasteiger partial charge in [0.2, 0.25) is 11.8 Å². The van der Waals surface area contributed by atoms with E-state index in [1.807, 2.05) is 0 Å². The Morgan fingerprint density at radius 1 is 1.14 bits per heavy atom. The zero-order valence-electron chi connectivity index (χ0n) is 14.1. The van der Waals surface area contributed by atoms with Crippen LogP contribution in [0.25, 0.3) is 0 Å². The molecule has 2 aromatic rings. The van der Waals surface area contributed by atoms with Gasteiger partial charge in [0.15, 0.2) is 0 Å². The molecule has 0 bridgehead atoms. The van der Waals surface area contributed by atoms with E-state index < -0.39 is 41.5 Å². The standard InChI is InChI=1S/C18H13F5N2O3/c19-11-4-5-15(14(20)7-11)25-9-10(6-16(25)26)17(27)24-12-2-1-3-13(8-12)28-18(21,22)23/h1-5,7-8,10H,6,9H2,(H,24,27). The Morgan fingerprint density at radius 2 is 1.89 bits per heavy atom. The number of alkyl halides is 3. The van der Waals surface area contributed by atoms with E-state index in [2.05, 4.69) is 10.1 Å². The lowest BCUT2D eigenvalue weighted by molar-refractivity contribution is -0.274. The molecule has 10 heteroatoms. The van der Waals surface area contributed by atoms with Crippen LogP contribution in [0.4, 0.5) is 33.3 Å². The molecule has 2 aromatic carbocycles. The molecular formula is C18H13F5N2O3. The smallest absolute Gasteiger partial charge is 0.406 e. The minimum Gasteiger partial charge on any atom is -0.406 e. The van der Waals surface area contributed by atoms with Crippen LogP contribution in [0.1, 0.15) is 6.42 Å². The van der Waals surface area contributed by atoms with E-state index in [-0.39, 0.29) is 24.3 Å². The molecule has 2 amide bonds. The van der Waals surface area contributed by atoms with Crippen LogP contribution in [0.2, 0.25) is 0 Å². The highest BCUT2D eigenvalue weighted by molar-refractivity contribution is 6.03. The largest absolute Gasteiger partial charge is 0.573 e. The van der Waals surface area contributed by atoms with Crippen LogP contribution in [0.5, 0.6) is 5.75 Å². The molecule has 0 saturated carbocycles. The monoisotopic (exact) mass is 400 g/mol. The second-order valence-electron chi connectivity index (χ2n) is 6.07. The first kappa shape index (κ1) is 19.6. The van der Waals surface area contributed by atoms with E-state index in [1.165, 1.54) is 12.1 Å². The van der Waals surface area contributed by atoms with Crippen molar-refractivity contribution in [3.63, 3.8) is 0 Å². The van der Waals surface area contributed by atoms with Crippen molar-refractivity contribution < 1.29 is 36.3 Å². The van der Waals surface area contributed by atoms with Gasteiger partial charge in [-0.3, -0.25) is 9.59 Å². The summed E-state index contributed by atoms with van der Waals surface area (Å²) < 4.78 is 67.5. The van der Waals surface area contributed by atoms with Crippen molar-refractivity contribution in [3.05, 3.63) is 54.1 Å². The highest BCUT2D eigenvalue weighted by Gasteiger charge is 2.36. The van der Waals surface area contributed by atoms with E-state index in [0.717, 1.165) is 29.2 Å². The molecule has 1 aliphatic heterocycles. The van der Waals surface area contributed by atoms with Gasteiger partial charge in [0.05, 0.1) is 11.6 Å². The van der Waals surface area contributed by atoms with Gasteiger partial charge in [-0.1, -0.05) is 6.07 Å². The fourth-order valence-electron chi connectivity index (χ4n) is 2.83. The molecule has 1 atom stereocenters. The van der Waals surface area contributed by atoms with Crippen molar-refractivity contribution in [3.8, 4) is 5.75 Å². The molecule has 28 heavy (non-hydrogen) atoms. The quantitative estimate of drug-likeness (QED) is 0.794. The first-order valence-corrected chi connectivity index (χ1v) is 8.04. The number of nitrogens with zero attached hydrogens (tertiary/aromatic N) is 1. The molecule has 148 valence electrons. The van der Waals surface area contributed by atoms with Crippen molar-refractivity contribution in [1.82, 2.24) is 0 Å². The minimum absolute atomic E-state index is 0.0469. The highest BCUT2D eigenvalue weighted by Crippen LogP contribution is 2.29. The molecule has 1 fully saturated rings. The summed E-state index contributed by atoms with van der Waals surface area (Å²) in [5.74, 6) is -4.26. The van der Waals surface area contributed by atoms with Gasteiger partial charge >= 0.3 is 6.36 Å². The SMILES string of the molecule is O=C(Nc1cccc(OC(F)(F)F)c1)C1CC(=O)N(c2ccc(F)cc2F)C1. The lowest BCUT2D eigenvalue weighted by Gasteiger charge is -2.17. The van der Waals surface area contributed by atoms with Crippen molar-refractivity contribution in [2.75, 3.05) is 16.8 Å². The number of benzene rings is 2. The average molecular weight is 400 g/mol. The third-order valence-corrected chi connectivity index (χ3v) is 4.03. The first-order chi connectivity index (χ1) is 13.1. The normalized spacial score (nSPS) is 17.0. The fraction of sp³-hybridized carbons (Fsp3) is 0.222. The molecule has 1 saturated heterocycles. The lowest BCUT2D eigenvalue weighted by atomic mass is 10.1. The van der Waals surface area contributed by atoms with E-state index in [0.29, 0.717) is 6.07 Å². The van der Waals surface area contributed by atoms with E-state index >= 15 is 0 Å². The summed E-state index contributed by atoms with van der Waals surface area (Å²) in [4.78, 5) is 25.5. The molecule has 0 spiro atoms. The highest BCUT2D eigenvalue weighted by atomic mass is 19.4.